The lowest BCUT2D eigenvalue weighted by Crippen LogP contribution is -1.83. The Morgan fingerprint density at radius 2 is 1.62 bits per heavy atom. The number of benzene rings is 2. The van der Waals surface area contributed by atoms with Crippen LogP contribution in [0.4, 0.5) is 0 Å². The zero-order chi connectivity index (χ0) is 14.8. The molecule has 3 rings (SSSR count). The Bertz CT molecular complexity index is 751. The van der Waals surface area contributed by atoms with E-state index in [1.54, 1.807) is 11.8 Å². The highest BCUT2D eigenvalue weighted by atomic mass is 35.5. The van der Waals surface area contributed by atoms with Crippen LogP contribution >= 0.6 is 36.0 Å². The van der Waals surface area contributed by atoms with Gasteiger partial charge >= 0.3 is 0 Å². The third-order valence-electron chi connectivity index (χ3n) is 3.09. The Hall–Kier alpha value is -1.36. The highest BCUT2D eigenvalue weighted by Crippen LogP contribution is 2.34. The predicted octanol–water partition coefficient (Wildman–Crippen LogP) is 5.67. The zero-order valence-electron chi connectivity index (χ0n) is 11.2. The Morgan fingerprint density at radius 3 is 2.24 bits per heavy atom. The van der Waals surface area contributed by atoms with Crippen LogP contribution in [0.1, 0.15) is 0 Å². The van der Waals surface area contributed by atoms with Crippen LogP contribution in [0.5, 0.6) is 0 Å². The van der Waals surface area contributed by atoms with Crippen LogP contribution in [0.3, 0.4) is 0 Å². The van der Waals surface area contributed by atoms with Crippen molar-refractivity contribution in [2.24, 2.45) is 0 Å². The van der Waals surface area contributed by atoms with Gasteiger partial charge in [0, 0.05) is 21.0 Å². The molecule has 0 saturated carbocycles. The summed E-state index contributed by atoms with van der Waals surface area (Å²) in [6.45, 7) is 0. The van der Waals surface area contributed by atoms with E-state index in [9.17, 15) is 0 Å². The fourth-order valence-electron chi connectivity index (χ4n) is 2.05. The first-order valence-corrected chi connectivity index (χ1v) is 8.32. The lowest BCUT2D eigenvalue weighted by molar-refractivity contribution is 0.468. The number of hydrogen-bond acceptors (Lipinski definition) is 4. The highest BCUT2D eigenvalue weighted by Gasteiger charge is 2.15. The molecule has 0 aliphatic rings. The summed E-state index contributed by atoms with van der Waals surface area (Å²) in [6.07, 6.45) is 2.05. The summed E-state index contributed by atoms with van der Waals surface area (Å²) in [7, 11) is 0. The number of halogens is 1. The van der Waals surface area contributed by atoms with Crippen LogP contribution in [0, 0.1) is 0 Å². The van der Waals surface area contributed by atoms with Crippen LogP contribution in [-0.2, 0) is 0 Å². The third-order valence-corrected chi connectivity index (χ3v) is 4.27. The molecule has 0 aliphatic carbocycles. The summed E-state index contributed by atoms with van der Waals surface area (Å²) in [6, 6.07) is 15.7. The van der Waals surface area contributed by atoms with Crippen molar-refractivity contribution in [1.29, 1.82) is 0 Å². The van der Waals surface area contributed by atoms with Gasteiger partial charge in [0.15, 0.2) is 5.76 Å². The maximum atomic E-state index is 5.93. The first kappa shape index (κ1) is 14.6. The monoisotopic (exact) mass is 333 g/mol. The van der Waals surface area contributed by atoms with Crippen molar-refractivity contribution in [3.8, 4) is 22.6 Å². The minimum atomic E-state index is 0.351. The van der Waals surface area contributed by atoms with Gasteiger partial charge in [-0.15, -0.1) is 11.8 Å². The van der Waals surface area contributed by atoms with Crippen LogP contribution in [-0.4, -0.2) is 11.2 Å². The van der Waals surface area contributed by atoms with Crippen molar-refractivity contribution in [2.75, 3.05) is 6.26 Å². The van der Waals surface area contributed by atoms with E-state index in [1.807, 2.05) is 36.4 Å². The van der Waals surface area contributed by atoms with Crippen molar-refractivity contribution in [2.45, 2.75) is 10.1 Å². The van der Waals surface area contributed by atoms with Gasteiger partial charge in [0.2, 0.25) is 0 Å². The molecule has 21 heavy (non-hydrogen) atoms. The van der Waals surface area contributed by atoms with E-state index in [0.717, 1.165) is 16.8 Å². The van der Waals surface area contributed by atoms with Gasteiger partial charge in [-0.2, -0.15) is 0 Å². The van der Waals surface area contributed by atoms with Gasteiger partial charge in [0.05, 0.1) is 0 Å². The second-order valence-electron chi connectivity index (χ2n) is 4.41. The van der Waals surface area contributed by atoms with Gasteiger partial charge in [0.25, 0.3) is 5.22 Å². The number of thiol groups is 1. The molecule has 106 valence electrons. The molecular weight excluding hydrogens is 322 g/mol. The van der Waals surface area contributed by atoms with Gasteiger partial charge in [0.1, 0.15) is 5.69 Å². The van der Waals surface area contributed by atoms with E-state index in [2.05, 4.69) is 36.0 Å². The van der Waals surface area contributed by atoms with Crippen LogP contribution in [0.2, 0.25) is 5.02 Å². The molecule has 1 heterocycles. The number of oxazole rings is 1. The fourth-order valence-corrected chi connectivity index (χ4v) is 2.78. The topological polar surface area (TPSA) is 26.0 Å². The van der Waals surface area contributed by atoms with E-state index < -0.39 is 0 Å². The molecule has 2 aromatic carbocycles. The smallest absolute Gasteiger partial charge is 0.253 e. The molecule has 0 fully saturated rings. The maximum Gasteiger partial charge on any atom is 0.253 e. The van der Waals surface area contributed by atoms with E-state index in [-0.39, 0.29) is 0 Å². The molecule has 0 amide bonds. The lowest BCUT2D eigenvalue weighted by atomic mass is 10.1. The summed E-state index contributed by atoms with van der Waals surface area (Å²) in [5.41, 5.74) is 2.72. The van der Waals surface area contributed by atoms with Crippen molar-refractivity contribution in [3.05, 3.63) is 53.6 Å². The van der Waals surface area contributed by atoms with Crippen molar-refractivity contribution < 1.29 is 4.42 Å². The number of thioether (sulfide) groups is 1. The molecule has 0 atom stereocenters. The first-order chi connectivity index (χ1) is 10.2. The molecule has 0 aliphatic heterocycles. The summed E-state index contributed by atoms with van der Waals surface area (Å²) >= 11 is 11.9. The minimum absolute atomic E-state index is 0.351. The van der Waals surface area contributed by atoms with Gasteiger partial charge in [-0.25, -0.2) is 4.98 Å². The molecule has 0 saturated heterocycles. The van der Waals surface area contributed by atoms with Crippen molar-refractivity contribution in [1.82, 2.24) is 4.98 Å². The van der Waals surface area contributed by atoms with Gasteiger partial charge < -0.3 is 4.42 Å². The molecule has 3 aromatic rings. The molecule has 0 bridgehead atoms. The number of aromatic nitrogens is 1. The second kappa shape index (κ2) is 6.18. The summed E-state index contributed by atoms with van der Waals surface area (Å²) in [5.74, 6) is 0.702. The predicted molar refractivity (Wildman–Crippen MR) is 91.4 cm³/mol. The molecule has 5 heteroatoms. The average Bonchev–Trinajstić information content (AvgIpc) is 2.90. The largest absolute Gasteiger partial charge is 0.431 e. The summed E-state index contributed by atoms with van der Waals surface area (Å²) in [5, 5.41) is 1.04. The van der Waals surface area contributed by atoms with E-state index in [1.165, 1.54) is 4.90 Å². The average molecular weight is 334 g/mol. The zero-order valence-corrected chi connectivity index (χ0v) is 13.7. The van der Waals surface area contributed by atoms with E-state index >= 15 is 0 Å². The van der Waals surface area contributed by atoms with Crippen LogP contribution in [0.15, 0.2) is 63.1 Å². The van der Waals surface area contributed by atoms with Crippen LogP contribution < -0.4 is 0 Å². The molecule has 0 unspecified atom stereocenters. The summed E-state index contributed by atoms with van der Waals surface area (Å²) < 4.78 is 5.66. The third kappa shape index (κ3) is 3.12. The Kier molecular flexibility index (Phi) is 4.29. The van der Waals surface area contributed by atoms with Crippen molar-refractivity contribution >= 4 is 36.0 Å². The van der Waals surface area contributed by atoms with Gasteiger partial charge in [-0.3, -0.25) is 0 Å². The van der Waals surface area contributed by atoms with E-state index in [0.29, 0.717) is 16.0 Å². The molecule has 0 radical (unpaired) electrons. The second-order valence-corrected chi connectivity index (χ2v) is 6.11. The lowest BCUT2D eigenvalue weighted by Gasteiger charge is -2.03. The standard InChI is InChI=1S/C16H12ClNOS2/c1-21-13-8-4-10(5-9-13)14-15(19-16(20)18-14)11-2-6-12(17)7-3-11/h2-9H,1H3,(H,18,20). The normalized spacial score (nSPS) is 10.8. The number of hydrogen-bond donors (Lipinski definition) is 1. The Labute approximate surface area is 138 Å². The van der Waals surface area contributed by atoms with E-state index in [4.69, 9.17) is 16.0 Å². The van der Waals surface area contributed by atoms with Gasteiger partial charge in [-0.1, -0.05) is 36.4 Å². The van der Waals surface area contributed by atoms with Crippen LogP contribution in [0.25, 0.3) is 22.6 Å². The van der Waals surface area contributed by atoms with Crippen molar-refractivity contribution in [3.63, 3.8) is 0 Å². The van der Waals surface area contributed by atoms with Gasteiger partial charge in [-0.05, 0) is 42.7 Å². The Balaban J connectivity index is 2.08. The number of nitrogens with zero attached hydrogens (tertiary/aromatic N) is 1. The quantitative estimate of drug-likeness (QED) is 0.494. The minimum Gasteiger partial charge on any atom is -0.431 e. The maximum absolute atomic E-state index is 5.93. The Morgan fingerprint density at radius 1 is 1.00 bits per heavy atom. The molecular formula is C16H12ClNOS2. The molecule has 1 aromatic heterocycles. The summed E-state index contributed by atoms with van der Waals surface area (Å²) in [4.78, 5) is 5.60. The fraction of sp³-hybridized carbons (Fsp3) is 0.0625. The highest BCUT2D eigenvalue weighted by molar-refractivity contribution is 7.98. The molecule has 0 N–H and O–H groups in total. The SMILES string of the molecule is CSc1ccc(-c2nc(S)oc2-c2ccc(Cl)cc2)cc1. The number of rotatable bonds is 3. The molecule has 2 nitrogen and oxygen atoms in total. The molecule has 0 spiro atoms. The first-order valence-electron chi connectivity index (χ1n) is 6.27.